The van der Waals surface area contributed by atoms with E-state index in [0.717, 1.165) is 6.61 Å². The molecule has 0 unspecified atom stereocenters. The predicted molar refractivity (Wildman–Crippen MR) is 58.2 cm³/mol. The van der Waals surface area contributed by atoms with E-state index in [2.05, 4.69) is 20.0 Å². The highest BCUT2D eigenvalue weighted by atomic mass is 28.3. The van der Waals surface area contributed by atoms with E-state index in [4.69, 9.17) is 4.74 Å². The Morgan fingerprint density at radius 3 is 2.50 bits per heavy atom. The summed E-state index contributed by atoms with van der Waals surface area (Å²) in [6.45, 7) is 10.1. The first-order valence-electron chi connectivity index (χ1n) is 4.85. The Balaban J connectivity index is 3.30. The molecule has 0 heterocycles. The Labute approximate surface area is 77.8 Å². The van der Waals surface area contributed by atoms with Gasteiger partial charge in [-0.3, -0.25) is 0 Å². The van der Waals surface area contributed by atoms with Gasteiger partial charge >= 0.3 is 0 Å². The molecule has 0 aromatic carbocycles. The molecule has 0 aliphatic carbocycles. The topological polar surface area (TPSA) is 9.23 Å². The van der Waals surface area contributed by atoms with E-state index in [0.29, 0.717) is 0 Å². The van der Waals surface area contributed by atoms with Gasteiger partial charge in [0.15, 0.2) is 0 Å². The smallest absolute Gasteiger partial charge is 0.0870 e. The standard InChI is InChI=1S/C10H22OSi/c1-5-8-11-9-7-10-12(3,4)6-2/h5,8H,6-7,9-10H2,1-4H3. The van der Waals surface area contributed by atoms with E-state index in [1.165, 1.54) is 18.5 Å². The van der Waals surface area contributed by atoms with E-state index in [9.17, 15) is 0 Å². The van der Waals surface area contributed by atoms with Crippen molar-refractivity contribution in [2.75, 3.05) is 6.61 Å². The lowest BCUT2D eigenvalue weighted by Gasteiger charge is -2.19. The van der Waals surface area contributed by atoms with Crippen molar-refractivity contribution in [3.8, 4) is 0 Å². The normalized spacial score (nSPS) is 12.3. The number of hydrogen-bond donors (Lipinski definition) is 0. The van der Waals surface area contributed by atoms with Crippen molar-refractivity contribution >= 4 is 8.07 Å². The van der Waals surface area contributed by atoms with Gasteiger partial charge in [0.05, 0.1) is 12.9 Å². The lowest BCUT2D eigenvalue weighted by atomic mass is 10.5. The molecule has 0 amide bonds. The molecular weight excluding hydrogens is 164 g/mol. The summed E-state index contributed by atoms with van der Waals surface area (Å²) in [4.78, 5) is 0. The van der Waals surface area contributed by atoms with Crippen LogP contribution in [-0.4, -0.2) is 14.7 Å². The van der Waals surface area contributed by atoms with Crippen LogP contribution in [0.15, 0.2) is 12.3 Å². The molecule has 0 bridgehead atoms. The van der Waals surface area contributed by atoms with E-state index in [1.54, 1.807) is 6.26 Å². The summed E-state index contributed by atoms with van der Waals surface area (Å²) in [5.74, 6) is 0. The molecule has 0 saturated carbocycles. The molecule has 0 aromatic heterocycles. The fourth-order valence-corrected chi connectivity index (χ4v) is 2.43. The summed E-state index contributed by atoms with van der Waals surface area (Å²) in [7, 11) is -0.842. The van der Waals surface area contributed by atoms with Crippen LogP contribution in [0, 0.1) is 0 Å². The summed E-state index contributed by atoms with van der Waals surface area (Å²) in [6, 6.07) is 2.78. The zero-order chi connectivity index (χ0) is 9.45. The van der Waals surface area contributed by atoms with Gasteiger partial charge in [-0.05, 0) is 13.3 Å². The first-order chi connectivity index (χ1) is 5.62. The van der Waals surface area contributed by atoms with Crippen LogP contribution >= 0.6 is 0 Å². The molecule has 0 radical (unpaired) electrons. The van der Waals surface area contributed by atoms with Gasteiger partial charge in [0.25, 0.3) is 0 Å². The SMILES string of the molecule is CC=COCCC[Si](C)(C)CC. The number of allylic oxidation sites excluding steroid dienone is 1. The second-order valence-electron chi connectivity index (χ2n) is 3.96. The van der Waals surface area contributed by atoms with Crippen LogP contribution in [0.3, 0.4) is 0 Å². The fourth-order valence-electron chi connectivity index (χ4n) is 0.975. The number of rotatable bonds is 6. The minimum atomic E-state index is -0.842. The first kappa shape index (κ1) is 11.8. The van der Waals surface area contributed by atoms with Gasteiger partial charge in [0.1, 0.15) is 0 Å². The maximum Gasteiger partial charge on any atom is 0.0870 e. The second-order valence-corrected chi connectivity index (χ2v) is 9.50. The van der Waals surface area contributed by atoms with E-state index in [1.807, 2.05) is 13.0 Å². The van der Waals surface area contributed by atoms with Crippen molar-refractivity contribution in [1.82, 2.24) is 0 Å². The van der Waals surface area contributed by atoms with Crippen molar-refractivity contribution in [2.45, 2.75) is 45.5 Å². The molecular formula is C10H22OSi. The van der Waals surface area contributed by atoms with Gasteiger partial charge in [-0.25, -0.2) is 0 Å². The van der Waals surface area contributed by atoms with Crippen LogP contribution < -0.4 is 0 Å². The van der Waals surface area contributed by atoms with Gasteiger partial charge in [-0.15, -0.1) is 0 Å². The van der Waals surface area contributed by atoms with Crippen LogP contribution in [0.1, 0.15) is 20.3 Å². The second kappa shape index (κ2) is 6.29. The van der Waals surface area contributed by atoms with Crippen LogP contribution in [0.4, 0.5) is 0 Å². The minimum Gasteiger partial charge on any atom is -0.502 e. The lowest BCUT2D eigenvalue weighted by molar-refractivity contribution is 0.249. The Kier molecular flexibility index (Phi) is 6.16. The predicted octanol–water partition coefficient (Wildman–Crippen LogP) is 3.66. The summed E-state index contributed by atoms with van der Waals surface area (Å²) in [6.07, 6.45) is 4.93. The summed E-state index contributed by atoms with van der Waals surface area (Å²) in [5, 5.41) is 0. The van der Waals surface area contributed by atoms with Crippen LogP contribution in [0.2, 0.25) is 25.2 Å². The monoisotopic (exact) mass is 186 g/mol. The molecule has 0 fully saturated rings. The summed E-state index contributed by atoms with van der Waals surface area (Å²) < 4.78 is 5.26. The van der Waals surface area contributed by atoms with Crippen molar-refractivity contribution < 1.29 is 4.74 Å². The Morgan fingerprint density at radius 2 is 2.00 bits per heavy atom. The molecule has 0 aliphatic rings. The number of hydrogen-bond acceptors (Lipinski definition) is 1. The first-order valence-corrected chi connectivity index (χ1v) is 8.26. The van der Waals surface area contributed by atoms with Crippen molar-refractivity contribution in [2.24, 2.45) is 0 Å². The quantitative estimate of drug-likeness (QED) is 0.349. The molecule has 2 heteroatoms. The third-order valence-corrected chi connectivity index (χ3v) is 5.93. The van der Waals surface area contributed by atoms with Gasteiger partial charge in [0.2, 0.25) is 0 Å². The highest BCUT2D eigenvalue weighted by Crippen LogP contribution is 2.16. The molecule has 0 atom stereocenters. The van der Waals surface area contributed by atoms with Crippen molar-refractivity contribution in [3.63, 3.8) is 0 Å². The highest BCUT2D eigenvalue weighted by molar-refractivity contribution is 6.77. The van der Waals surface area contributed by atoms with E-state index < -0.39 is 8.07 Å². The average molecular weight is 186 g/mol. The largest absolute Gasteiger partial charge is 0.502 e. The third kappa shape index (κ3) is 6.47. The molecule has 0 N–H and O–H groups in total. The Bertz CT molecular complexity index is 130. The summed E-state index contributed by atoms with van der Waals surface area (Å²) >= 11 is 0. The van der Waals surface area contributed by atoms with Crippen molar-refractivity contribution in [3.05, 3.63) is 12.3 Å². The van der Waals surface area contributed by atoms with Crippen LogP contribution in [-0.2, 0) is 4.74 Å². The molecule has 1 nitrogen and oxygen atoms in total. The molecule has 0 spiro atoms. The van der Waals surface area contributed by atoms with Gasteiger partial charge in [-0.2, -0.15) is 0 Å². The van der Waals surface area contributed by atoms with Gasteiger partial charge in [0, 0.05) is 8.07 Å². The van der Waals surface area contributed by atoms with Gasteiger partial charge in [-0.1, -0.05) is 38.2 Å². The van der Waals surface area contributed by atoms with E-state index >= 15 is 0 Å². The highest BCUT2D eigenvalue weighted by Gasteiger charge is 2.16. The molecule has 0 aromatic rings. The van der Waals surface area contributed by atoms with Crippen LogP contribution in [0.5, 0.6) is 0 Å². The molecule has 72 valence electrons. The molecule has 0 saturated heterocycles. The maximum absolute atomic E-state index is 5.26. The zero-order valence-corrected chi connectivity index (χ0v) is 9.89. The Morgan fingerprint density at radius 1 is 1.33 bits per heavy atom. The zero-order valence-electron chi connectivity index (χ0n) is 8.89. The fraction of sp³-hybridized carbons (Fsp3) is 0.800. The van der Waals surface area contributed by atoms with E-state index in [-0.39, 0.29) is 0 Å². The molecule has 0 rings (SSSR count). The Hall–Kier alpha value is -0.243. The van der Waals surface area contributed by atoms with Gasteiger partial charge < -0.3 is 4.74 Å². The maximum atomic E-state index is 5.26. The summed E-state index contributed by atoms with van der Waals surface area (Å²) in [5.41, 5.74) is 0. The van der Waals surface area contributed by atoms with Crippen LogP contribution in [0.25, 0.3) is 0 Å². The third-order valence-electron chi connectivity index (χ3n) is 2.31. The van der Waals surface area contributed by atoms with Crippen molar-refractivity contribution in [1.29, 1.82) is 0 Å². The number of ether oxygens (including phenoxy) is 1. The average Bonchev–Trinajstić information content (AvgIpc) is 2.04. The molecule has 12 heavy (non-hydrogen) atoms. The molecule has 0 aliphatic heterocycles. The minimum absolute atomic E-state index is 0.842. The lowest BCUT2D eigenvalue weighted by Crippen LogP contribution is -2.23.